The summed E-state index contributed by atoms with van der Waals surface area (Å²) in [5, 5.41) is 0.474. The molecule has 1 aromatic carbocycles. The zero-order valence-corrected chi connectivity index (χ0v) is 13.9. The molecular formula is C15H11FN2O4S2. The van der Waals surface area contributed by atoms with E-state index in [1.807, 2.05) is 4.72 Å². The van der Waals surface area contributed by atoms with Gasteiger partial charge < -0.3 is 4.42 Å². The highest BCUT2D eigenvalue weighted by atomic mass is 32.2. The Bertz CT molecular complexity index is 977. The molecule has 1 N–H and O–H groups in total. The number of halogens is 1. The zero-order valence-electron chi connectivity index (χ0n) is 12.3. The minimum atomic E-state index is -4.11. The summed E-state index contributed by atoms with van der Waals surface area (Å²) in [5.41, 5.74) is -0.00270. The maximum Gasteiger partial charge on any atom is 0.284 e. The van der Waals surface area contributed by atoms with Gasteiger partial charge in [0.1, 0.15) is 11.5 Å². The standard InChI is InChI=1S/C15H11FN2O4S2/c1-9-13(17-15(23-9)12-3-2-8-22-12)14(19)18-24(20,21)11-6-4-10(16)5-7-11/h2-8H,1H3,(H,18,19). The van der Waals surface area contributed by atoms with Crippen LogP contribution in [0.3, 0.4) is 0 Å². The van der Waals surface area contributed by atoms with Crippen LogP contribution in [0, 0.1) is 12.7 Å². The van der Waals surface area contributed by atoms with Crippen LogP contribution >= 0.6 is 11.3 Å². The highest BCUT2D eigenvalue weighted by Gasteiger charge is 2.23. The molecule has 0 radical (unpaired) electrons. The third-order valence-corrected chi connectivity index (χ3v) is 5.43. The molecule has 0 fully saturated rings. The number of nitrogens with zero attached hydrogens (tertiary/aromatic N) is 1. The summed E-state index contributed by atoms with van der Waals surface area (Å²) in [6.07, 6.45) is 1.48. The van der Waals surface area contributed by atoms with Crippen molar-refractivity contribution in [3.63, 3.8) is 0 Å². The number of hydrogen-bond donors (Lipinski definition) is 1. The number of aromatic nitrogens is 1. The molecule has 0 saturated carbocycles. The Labute approximate surface area is 141 Å². The van der Waals surface area contributed by atoms with E-state index in [1.165, 1.54) is 17.6 Å². The van der Waals surface area contributed by atoms with Gasteiger partial charge in [-0.3, -0.25) is 4.79 Å². The smallest absolute Gasteiger partial charge is 0.284 e. The first-order chi connectivity index (χ1) is 11.4. The first-order valence-corrected chi connectivity index (χ1v) is 9.01. The second-order valence-corrected chi connectivity index (χ2v) is 7.68. The lowest BCUT2D eigenvalue weighted by atomic mass is 10.3. The van der Waals surface area contributed by atoms with E-state index in [0.717, 1.165) is 24.3 Å². The molecule has 0 aliphatic heterocycles. The van der Waals surface area contributed by atoms with E-state index in [-0.39, 0.29) is 10.6 Å². The van der Waals surface area contributed by atoms with Gasteiger partial charge in [-0.05, 0) is 43.3 Å². The lowest BCUT2D eigenvalue weighted by Gasteiger charge is -2.05. The van der Waals surface area contributed by atoms with Crippen molar-refractivity contribution in [1.29, 1.82) is 0 Å². The van der Waals surface area contributed by atoms with Gasteiger partial charge in [-0.2, -0.15) is 0 Å². The number of furan rings is 1. The fourth-order valence-electron chi connectivity index (χ4n) is 1.96. The molecule has 3 rings (SSSR count). The van der Waals surface area contributed by atoms with Gasteiger partial charge in [0, 0.05) is 4.88 Å². The van der Waals surface area contributed by atoms with E-state index in [4.69, 9.17) is 4.42 Å². The topological polar surface area (TPSA) is 89.3 Å². The number of thiazole rings is 1. The zero-order chi connectivity index (χ0) is 17.3. The summed E-state index contributed by atoms with van der Waals surface area (Å²) >= 11 is 1.21. The number of benzene rings is 1. The van der Waals surface area contributed by atoms with Gasteiger partial charge in [-0.25, -0.2) is 22.5 Å². The van der Waals surface area contributed by atoms with Gasteiger partial charge in [0.15, 0.2) is 10.8 Å². The number of amides is 1. The molecule has 0 unspecified atom stereocenters. The van der Waals surface area contributed by atoms with Gasteiger partial charge in [-0.15, -0.1) is 11.3 Å². The maximum absolute atomic E-state index is 12.9. The highest BCUT2D eigenvalue weighted by Crippen LogP contribution is 2.28. The fraction of sp³-hybridized carbons (Fsp3) is 0.0667. The largest absolute Gasteiger partial charge is 0.462 e. The van der Waals surface area contributed by atoms with Crippen LogP contribution in [0.15, 0.2) is 52.0 Å². The van der Waals surface area contributed by atoms with E-state index < -0.39 is 21.7 Å². The van der Waals surface area contributed by atoms with Crippen molar-refractivity contribution in [3.8, 4) is 10.8 Å². The van der Waals surface area contributed by atoms with Crippen LogP contribution in [0.4, 0.5) is 4.39 Å². The number of carbonyl (C=O) groups excluding carboxylic acids is 1. The van der Waals surface area contributed by atoms with E-state index in [1.54, 1.807) is 19.1 Å². The van der Waals surface area contributed by atoms with Crippen molar-refractivity contribution < 1.29 is 22.0 Å². The minimum Gasteiger partial charge on any atom is -0.462 e. The van der Waals surface area contributed by atoms with Crippen LogP contribution in [-0.4, -0.2) is 19.3 Å². The van der Waals surface area contributed by atoms with E-state index in [0.29, 0.717) is 15.6 Å². The predicted octanol–water partition coefficient (Wildman–Crippen LogP) is 2.97. The Morgan fingerprint density at radius 3 is 2.58 bits per heavy atom. The Kier molecular flexibility index (Phi) is 4.20. The van der Waals surface area contributed by atoms with Crippen molar-refractivity contribution >= 4 is 27.3 Å². The second-order valence-electron chi connectivity index (χ2n) is 4.79. The number of hydrogen-bond acceptors (Lipinski definition) is 6. The fourth-order valence-corrected chi connectivity index (χ4v) is 3.79. The highest BCUT2D eigenvalue weighted by molar-refractivity contribution is 7.90. The summed E-state index contributed by atoms with van der Waals surface area (Å²) in [5.74, 6) is -0.937. The molecule has 6 nitrogen and oxygen atoms in total. The number of aryl methyl sites for hydroxylation is 1. The predicted molar refractivity (Wildman–Crippen MR) is 85.6 cm³/mol. The number of carbonyl (C=O) groups is 1. The van der Waals surface area contributed by atoms with Crippen molar-refractivity contribution in [3.05, 3.63) is 59.0 Å². The molecule has 0 spiro atoms. The van der Waals surface area contributed by atoms with Crippen LogP contribution in [-0.2, 0) is 10.0 Å². The van der Waals surface area contributed by atoms with Crippen LogP contribution in [0.2, 0.25) is 0 Å². The Morgan fingerprint density at radius 1 is 1.25 bits per heavy atom. The molecule has 24 heavy (non-hydrogen) atoms. The van der Waals surface area contributed by atoms with E-state index >= 15 is 0 Å². The minimum absolute atomic E-state index is 0.00270. The Morgan fingerprint density at radius 2 is 1.96 bits per heavy atom. The van der Waals surface area contributed by atoms with Crippen LogP contribution in [0.25, 0.3) is 10.8 Å². The van der Waals surface area contributed by atoms with E-state index in [9.17, 15) is 17.6 Å². The van der Waals surface area contributed by atoms with E-state index in [2.05, 4.69) is 4.98 Å². The monoisotopic (exact) mass is 366 g/mol. The summed E-state index contributed by atoms with van der Waals surface area (Å²) in [7, 11) is -4.11. The normalized spacial score (nSPS) is 11.4. The molecule has 0 aliphatic carbocycles. The summed E-state index contributed by atoms with van der Waals surface area (Å²) in [6.45, 7) is 1.66. The molecule has 2 heterocycles. The summed E-state index contributed by atoms with van der Waals surface area (Å²) in [6, 6.07) is 7.53. The summed E-state index contributed by atoms with van der Waals surface area (Å²) < 4.78 is 44.4. The Hall–Kier alpha value is -2.52. The average molecular weight is 366 g/mol. The van der Waals surface area contributed by atoms with Crippen molar-refractivity contribution in [1.82, 2.24) is 9.71 Å². The SMILES string of the molecule is Cc1sc(-c2ccco2)nc1C(=O)NS(=O)(=O)c1ccc(F)cc1. The van der Waals surface area contributed by atoms with Gasteiger partial charge in [-0.1, -0.05) is 0 Å². The first kappa shape index (κ1) is 16.3. The van der Waals surface area contributed by atoms with Crippen LogP contribution < -0.4 is 4.72 Å². The van der Waals surface area contributed by atoms with Crippen LogP contribution in [0.1, 0.15) is 15.4 Å². The van der Waals surface area contributed by atoms with Gasteiger partial charge in [0.25, 0.3) is 15.9 Å². The number of rotatable bonds is 4. The molecule has 0 atom stereocenters. The second kappa shape index (κ2) is 6.17. The van der Waals surface area contributed by atoms with Crippen LogP contribution in [0.5, 0.6) is 0 Å². The van der Waals surface area contributed by atoms with Crippen molar-refractivity contribution in [2.45, 2.75) is 11.8 Å². The average Bonchev–Trinajstić information content (AvgIpc) is 3.16. The van der Waals surface area contributed by atoms with Gasteiger partial charge in [0.05, 0.1) is 11.2 Å². The quantitative estimate of drug-likeness (QED) is 0.767. The third-order valence-electron chi connectivity index (χ3n) is 3.09. The molecule has 2 aromatic heterocycles. The lowest BCUT2D eigenvalue weighted by Crippen LogP contribution is -2.31. The van der Waals surface area contributed by atoms with Gasteiger partial charge in [0.2, 0.25) is 0 Å². The third kappa shape index (κ3) is 3.22. The van der Waals surface area contributed by atoms with Crippen molar-refractivity contribution in [2.24, 2.45) is 0 Å². The molecular weight excluding hydrogens is 355 g/mol. The number of nitrogens with one attached hydrogen (secondary N) is 1. The van der Waals surface area contributed by atoms with Crippen molar-refractivity contribution in [2.75, 3.05) is 0 Å². The van der Waals surface area contributed by atoms with Gasteiger partial charge >= 0.3 is 0 Å². The number of sulfonamides is 1. The molecule has 3 aromatic rings. The Balaban J connectivity index is 1.86. The molecule has 0 bridgehead atoms. The lowest BCUT2D eigenvalue weighted by molar-refractivity contribution is 0.0976. The molecule has 0 saturated heterocycles. The molecule has 124 valence electrons. The molecule has 0 aliphatic rings. The first-order valence-electron chi connectivity index (χ1n) is 6.71. The molecule has 9 heteroatoms. The summed E-state index contributed by atoms with van der Waals surface area (Å²) in [4.78, 5) is 16.7. The maximum atomic E-state index is 12.9. The molecule has 1 amide bonds.